The Balaban J connectivity index is 1.86. The number of thiol groups is 1. The van der Waals surface area contributed by atoms with Gasteiger partial charge in [-0.2, -0.15) is 0 Å². The zero-order chi connectivity index (χ0) is 16.3. The molecule has 0 aliphatic carbocycles. The fourth-order valence-corrected chi connectivity index (χ4v) is 3.88. The lowest BCUT2D eigenvalue weighted by molar-refractivity contribution is -0.122. The standard InChI is InChI=1S/C12H15Cl3N4OS2/c1-18-5-19(6-22-12(18)21)4-10(20)16-17-11-8(14)2-7(13)3-9(11)15/h2-3,12,17,21H,4-6H2,1H3,(H,16,20). The van der Waals surface area contributed by atoms with Gasteiger partial charge in [-0.05, 0) is 19.2 Å². The summed E-state index contributed by atoms with van der Waals surface area (Å²) in [5, 5.41) is 1.11. The van der Waals surface area contributed by atoms with Gasteiger partial charge in [-0.1, -0.05) is 34.8 Å². The molecule has 1 unspecified atom stereocenters. The Hall–Kier alpha value is -0.0200. The van der Waals surface area contributed by atoms with Crippen LogP contribution in [0.1, 0.15) is 0 Å². The van der Waals surface area contributed by atoms with Gasteiger partial charge in [-0.25, -0.2) is 0 Å². The van der Waals surface area contributed by atoms with Crippen LogP contribution in [0.3, 0.4) is 0 Å². The topological polar surface area (TPSA) is 47.6 Å². The fraction of sp³-hybridized carbons (Fsp3) is 0.417. The summed E-state index contributed by atoms with van der Waals surface area (Å²) in [6.45, 7) is 0.935. The second-order valence-electron chi connectivity index (χ2n) is 4.77. The van der Waals surface area contributed by atoms with Crippen LogP contribution >= 0.6 is 59.2 Å². The Morgan fingerprint density at radius 1 is 1.41 bits per heavy atom. The van der Waals surface area contributed by atoms with E-state index < -0.39 is 0 Å². The Labute approximate surface area is 154 Å². The number of hydrogen-bond acceptors (Lipinski definition) is 6. The van der Waals surface area contributed by atoms with Crippen molar-refractivity contribution in [3.63, 3.8) is 0 Å². The Kier molecular flexibility index (Phi) is 6.82. The van der Waals surface area contributed by atoms with E-state index in [9.17, 15) is 4.79 Å². The first-order valence-electron chi connectivity index (χ1n) is 6.28. The molecule has 1 aromatic carbocycles. The van der Waals surface area contributed by atoms with Crippen LogP contribution in [0.2, 0.25) is 15.1 Å². The van der Waals surface area contributed by atoms with Crippen molar-refractivity contribution >= 4 is 70.8 Å². The molecular weight excluding hydrogens is 387 g/mol. The number of halogens is 3. The highest BCUT2D eigenvalue weighted by molar-refractivity contribution is 8.10. The molecule has 5 nitrogen and oxygen atoms in total. The maximum absolute atomic E-state index is 12.0. The smallest absolute Gasteiger partial charge is 0.252 e. The number of nitrogens with one attached hydrogen (secondary N) is 2. The van der Waals surface area contributed by atoms with E-state index in [-0.39, 0.29) is 17.2 Å². The van der Waals surface area contributed by atoms with E-state index >= 15 is 0 Å². The second kappa shape index (κ2) is 8.19. The van der Waals surface area contributed by atoms with Crippen molar-refractivity contribution in [1.82, 2.24) is 15.2 Å². The molecule has 1 aromatic rings. The maximum Gasteiger partial charge on any atom is 0.252 e. The molecular formula is C12H15Cl3N4OS2. The van der Waals surface area contributed by atoms with Gasteiger partial charge < -0.3 is 0 Å². The molecule has 0 spiro atoms. The Morgan fingerprint density at radius 3 is 2.64 bits per heavy atom. The highest BCUT2D eigenvalue weighted by Crippen LogP contribution is 2.33. The van der Waals surface area contributed by atoms with Crippen LogP contribution in [0.4, 0.5) is 5.69 Å². The number of carbonyl (C=O) groups is 1. The quantitative estimate of drug-likeness (QED) is 0.534. The average molecular weight is 402 g/mol. The molecule has 10 heteroatoms. The minimum Gasteiger partial charge on any atom is -0.296 e. The molecule has 122 valence electrons. The average Bonchev–Trinajstić information content (AvgIpc) is 2.41. The number of carbonyl (C=O) groups excluding carboxylic acids is 1. The molecule has 1 fully saturated rings. The third kappa shape index (κ3) is 4.99. The summed E-state index contributed by atoms with van der Waals surface area (Å²) < 4.78 is 0.157. The van der Waals surface area contributed by atoms with Crippen molar-refractivity contribution in [2.75, 3.05) is 31.6 Å². The summed E-state index contributed by atoms with van der Waals surface area (Å²) in [7, 11) is 1.96. The summed E-state index contributed by atoms with van der Waals surface area (Å²) in [4.78, 5) is 16.0. The second-order valence-corrected chi connectivity index (χ2v) is 7.89. The molecule has 1 saturated heterocycles. The Bertz CT molecular complexity index is 540. The van der Waals surface area contributed by atoms with E-state index in [0.29, 0.717) is 27.4 Å². The molecule has 1 heterocycles. The predicted molar refractivity (Wildman–Crippen MR) is 97.8 cm³/mol. The third-order valence-corrected chi connectivity index (χ3v) is 5.74. The minimum atomic E-state index is -0.186. The molecule has 1 aliphatic rings. The SMILES string of the molecule is CN1CN(CC(=O)NNc2c(Cl)cc(Cl)cc2Cl)CSC1S. The van der Waals surface area contributed by atoms with Crippen LogP contribution in [-0.4, -0.2) is 46.6 Å². The molecule has 2 N–H and O–H groups in total. The fourth-order valence-electron chi connectivity index (χ4n) is 1.86. The zero-order valence-electron chi connectivity index (χ0n) is 11.6. The van der Waals surface area contributed by atoms with E-state index in [1.807, 2.05) is 16.8 Å². The van der Waals surface area contributed by atoms with Gasteiger partial charge in [0.2, 0.25) is 0 Å². The van der Waals surface area contributed by atoms with Crippen molar-refractivity contribution in [3.05, 3.63) is 27.2 Å². The number of thioether (sulfide) groups is 1. The molecule has 1 atom stereocenters. The van der Waals surface area contributed by atoms with Crippen LogP contribution in [-0.2, 0) is 4.79 Å². The van der Waals surface area contributed by atoms with Crippen molar-refractivity contribution in [2.24, 2.45) is 0 Å². The number of rotatable bonds is 4. The molecule has 1 aliphatic heterocycles. The highest BCUT2D eigenvalue weighted by Gasteiger charge is 2.23. The van der Waals surface area contributed by atoms with Crippen molar-refractivity contribution in [1.29, 1.82) is 0 Å². The van der Waals surface area contributed by atoms with E-state index in [1.54, 1.807) is 23.9 Å². The highest BCUT2D eigenvalue weighted by atomic mass is 35.5. The van der Waals surface area contributed by atoms with Gasteiger partial charge in [-0.3, -0.25) is 25.4 Å². The van der Waals surface area contributed by atoms with Gasteiger partial charge in [0.25, 0.3) is 5.91 Å². The zero-order valence-corrected chi connectivity index (χ0v) is 15.6. The van der Waals surface area contributed by atoms with E-state index in [4.69, 9.17) is 34.8 Å². The lowest BCUT2D eigenvalue weighted by atomic mass is 10.3. The lowest BCUT2D eigenvalue weighted by Gasteiger charge is -2.36. The summed E-state index contributed by atoms with van der Waals surface area (Å²) in [5.74, 6) is 0.558. The van der Waals surface area contributed by atoms with Gasteiger partial charge in [0.1, 0.15) is 4.71 Å². The van der Waals surface area contributed by atoms with Gasteiger partial charge >= 0.3 is 0 Å². The molecule has 0 radical (unpaired) electrons. The maximum atomic E-state index is 12.0. The van der Waals surface area contributed by atoms with E-state index in [0.717, 1.165) is 5.88 Å². The summed E-state index contributed by atoms with van der Waals surface area (Å²) in [6, 6.07) is 3.10. The van der Waals surface area contributed by atoms with Gasteiger partial charge in [0.05, 0.1) is 28.9 Å². The predicted octanol–water partition coefficient (Wildman–Crippen LogP) is 3.20. The van der Waals surface area contributed by atoms with Gasteiger partial charge in [0, 0.05) is 10.9 Å². The van der Waals surface area contributed by atoms with Crippen molar-refractivity contribution in [3.8, 4) is 0 Å². The van der Waals surface area contributed by atoms with Crippen LogP contribution in [0.5, 0.6) is 0 Å². The monoisotopic (exact) mass is 400 g/mol. The number of hydrazine groups is 1. The minimum absolute atomic E-state index is 0.157. The molecule has 0 aromatic heterocycles. The van der Waals surface area contributed by atoms with Gasteiger partial charge in [0.15, 0.2) is 0 Å². The number of anilines is 1. The molecule has 22 heavy (non-hydrogen) atoms. The van der Waals surface area contributed by atoms with Crippen LogP contribution in [0.15, 0.2) is 12.1 Å². The third-order valence-electron chi connectivity index (χ3n) is 2.91. The summed E-state index contributed by atoms with van der Waals surface area (Å²) in [5.41, 5.74) is 5.74. The van der Waals surface area contributed by atoms with Gasteiger partial charge in [-0.15, -0.1) is 24.4 Å². The number of nitrogens with zero attached hydrogens (tertiary/aromatic N) is 2. The lowest BCUT2D eigenvalue weighted by Crippen LogP contribution is -2.48. The van der Waals surface area contributed by atoms with Crippen LogP contribution in [0.25, 0.3) is 0 Å². The van der Waals surface area contributed by atoms with Crippen LogP contribution < -0.4 is 10.9 Å². The first-order valence-corrected chi connectivity index (χ1v) is 8.98. The molecule has 2 rings (SSSR count). The molecule has 0 saturated carbocycles. The Morgan fingerprint density at radius 2 is 2.05 bits per heavy atom. The first kappa shape index (κ1) is 18.3. The van der Waals surface area contributed by atoms with Crippen molar-refractivity contribution in [2.45, 2.75) is 4.71 Å². The van der Waals surface area contributed by atoms with E-state index in [2.05, 4.69) is 23.5 Å². The van der Waals surface area contributed by atoms with Crippen LogP contribution in [0, 0.1) is 0 Å². The first-order chi connectivity index (χ1) is 10.4. The number of amides is 1. The summed E-state index contributed by atoms with van der Waals surface area (Å²) >= 11 is 24.0. The normalized spacial score (nSPS) is 20.0. The molecule has 0 bridgehead atoms. The van der Waals surface area contributed by atoms with E-state index in [1.165, 1.54) is 0 Å². The molecule has 1 amide bonds. The summed E-state index contributed by atoms with van der Waals surface area (Å²) in [6.07, 6.45) is 0. The van der Waals surface area contributed by atoms with Crippen molar-refractivity contribution < 1.29 is 4.79 Å². The number of benzene rings is 1. The largest absolute Gasteiger partial charge is 0.296 e. The number of hydrogen-bond donors (Lipinski definition) is 3.